The highest BCUT2D eigenvalue weighted by Gasteiger charge is 2.15. The Morgan fingerprint density at radius 2 is 2.00 bits per heavy atom. The van der Waals surface area contributed by atoms with Gasteiger partial charge in [0.25, 0.3) is 5.69 Å². The zero-order chi connectivity index (χ0) is 16.8. The van der Waals surface area contributed by atoms with Crippen molar-refractivity contribution in [1.29, 1.82) is 0 Å². The first-order valence-corrected chi connectivity index (χ1v) is 7.69. The number of amides is 1. The predicted molar refractivity (Wildman–Crippen MR) is 87.6 cm³/mol. The number of para-hydroxylation sites is 1. The van der Waals surface area contributed by atoms with Crippen LogP contribution in [0.1, 0.15) is 11.1 Å². The van der Waals surface area contributed by atoms with Gasteiger partial charge in [0, 0.05) is 18.2 Å². The molecule has 2 aromatic rings. The zero-order valence-electron chi connectivity index (χ0n) is 12.1. The van der Waals surface area contributed by atoms with Crippen LogP contribution < -0.4 is 5.32 Å². The van der Waals surface area contributed by atoms with E-state index in [1.807, 2.05) is 0 Å². The lowest BCUT2D eigenvalue weighted by Gasteiger charge is -2.07. The number of carbonyl (C=O) groups excluding carboxylic acids is 1. The third kappa shape index (κ3) is 4.85. The lowest BCUT2D eigenvalue weighted by molar-refractivity contribution is -0.385. The van der Waals surface area contributed by atoms with Crippen molar-refractivity contribution in [2.75, 3.05) is 6.54 Å². The highest BCUT2D eigenvalue weighted by Crippen LogP contribution is 2.18. The van der Waals surface area contributed by atoms with Crippen LogP contribution in [0.2, 0.25) is 0 Å². The highest BCUT2D eigenvalue weighted by atomic mass is 79.9. The van der Waals surface area contributed by atoms with E-state index in [4.69, 9.17) is 0 Å². The molecular formula is C16H14BrFN2O3. The Kier molecular flexibility index (Phi) is 5.81. The van der Waals surface area contributed by atoms with E-state index in [9.17, 15) is 19.3 Å². The van der Waals surface area contributed by atoms with Crippen LogP contribution in [0, 0.1) is 15.9 Å². The first-order chi connectivity index (χ1) is 11.0. The Morgan fingerprint density at radius 3 is 2.70 bits per heavy atom. The van der Waals surface area contributed by atoms with Crippen LogP contribution in [0.5, 0.6) is 0 Å². The predicted octanol–water partition coefficient (Wildman–Crippen LogP) is 3.40. The number of nitrogens with one attached hydrogen (secondary N) is 1. The normalized spacial score (nSPS) is 10.3. The molecule has 0 heterocycles. The molecule has 5 nitrogen and oxygen atoms in total. The van der Waals surface area contributed by atoms with Gasteiger partial charge in [0.15, 0.2) is 0 Å². The van der Waals surface area contributed by atoms with E-state index < -0.39 is 4.92 Å². The second kappa shape index (κ2) is 7.82. The van der Waals surface area contributed by atoms with Gasteiger partial charge in [-0.3, -0.25) is 14.9 Å². The number of halogens is 2. The van der Waals surface area contributed by atoms with Crippen molar-refractivity contribution in [2.24, 2.45) is 0 Å². The number of hydrogen-bond acceptors (Lipinski definition) is 3. The van der Waals surface area contributed by atoms with Crippen molar-refractivity contribution in [3.05, 3.63) is 74.0 Å². The van der Waals surface area contributed by atoms with E-state index >= 15 is 0 Å². The number of nitro groups is 1. The third-order valence-corrected chi connectivity index (χ3v) is 3.87. The molecule has 0 aliphatic heterocycles. The van der Waals surface area contributed by atoms with E-state index in [-0.39, 0.29) is 23.8 Å². The van der Waals surface area contributed by atoms with Crippen molar-refractivity contribution < 1.29 is 14.1 Å². The fourth-order valence-electron chi connectivity index (χ4n) is 2.12. The summed E-state index contributed by atoms with van der Waals surface area (Å²) in [5, 5.41) is 13.6. The summed E-state index contributed by atoms with van der Waals surface area (Å²) in [6.45, 7) is 0.373. The van der Waals surface area contributed by atoms with E-state index in [0.29, 0.717) is 23.0 Å². The van der Waals surface area contributed by atoms with Crippen LogP contribution in [0.4, 0.5) is 10.1 Å². The SMILES string of the molecule is O=C(Cc1ccccc1[N+](=O)[O-])NCCc1ccc(F)c(Br)c1. The summed E-state index contributed by atoms with van der Waals surface area (Å²) in [6, 6.07) is 10.8. The maximum atomic E-state index is 13.1. The molecule has 120 valence electrons. The van der Waals surface area contributed by atoms with Gasteiger partial charge in [-0.1, -0.05) is 24.3 Å². The standard InChI is InChI=1S/C16H14BrFN2O3/c17-13-9-11(5-6-14(13)18)7-8-19-16(21)10-12-3-1-2-4-15(12)20(22)23/h1-6,9H,7-8,10H2,(H,19,21). The number of nitrogens with zero attached hydrogens (tertiary/aromatic N) is 1. The molecule has 0 radical (unpaired) electrons. The molecule has 23 heavy (non-hydrogen) atoms. The molecule has 0 aliphatic rings. The van der Waals surface area contributed by atoms with E-state index in [2.05, 4.69) is 21.2 Å². The summed E-state index contributed by atoms with van der Waals surface area (Å²) in [7, 11) is 0. The number of nitro benzene ring substituents is 1. The Labute approximate surface area is 140 Å². The molecule has 1 N–H and O–H groups in total. The highest BCUT2D eigenvalue weighted by molar-refractivity contribution is 9.10. The van der Waals surface area contributed by atoms with Crippen LogP contribution >= 0.6 is 15.9 Å². The molecule has 0 aromatic heterocycles. The van der Waals surface area contributed by atoms with Gasteiger partial charge < -0.3 is 5.32 Å². The van der Waals surface area contributed by atoms with Gasteiger partial charge in [-0.2, -0.15) is 0 Å². The molecule has 1 amide bonds. The molecule has 0 spiro atoms. The Bertz CT molecular complexity index is 737. The maximum Gasteiger partial charge on any atom is 0.273 e. The summed E-state index contributed by atoms with van der Waals surface area (Å²) < 4.78 is 13.5. The van der Waals surface area contributed by atoms with Crippen molar-refractivity contribution >= 4 is 27.5 Å². The van der Waals surface area contributed by atoms with Gasteiger partial charge in [-0.25, -0.2) is 4.39 Å². The van der Waals surface area contributed by atoms with Gasteiger partial charge in [-0.15, -0.1) is 0 Å². The molecule has 0 aliphatic carbocycles. The number of carbonyl (C=O) groups is 1. The lowest BCUT2D eigenvalue weighted by Crippen LogP contribution is -2.27. The monoisotopic (exact) mass is 380 g/mol. The largest absolute Gasteiger partial charge is 0.355 e. The first-order valence-electron chi connectivity index (χ1n) is 6.90. The van der Waals surface area contributed by atoms with Crippen LogP contribution in [0.15, 0.2) is 46.9 Å². The molecular weight excluding hydrogens is 367 g/mol. The molecule has 0 bridgehead atoms. The summed E-state index contributed by atoms with van der Waals surface area (Å²) in [4.78, 5) is 22.3. The second-order valence-electron chi connectivity index (χ2n) is 4.91. The van der Waals surface area contributed by atoms with Crippen molar-refractivity contribution in [2.45, 2.75) is 12.8 Å². The molecule has 0 atom stereocenters. The summed E-state index contributed by atoms with van der Waals surface area (Å²) in [5.41, 5.74) is 1.19. The van der Waals surface area contributed by atoms with Gasteiger partial charge in [0.1, 0.15) is 5.82 Å². The van der Waals surface area contributed by atoms with Crippen LogP contribution in [0.25, 0.3) is 0 Å². The van der Waals surface area contributed by atoms with Crippen molar-refractivity contribution in [3.8, 4) is 0 Å². The second-order valence-corrected chi connectivity index (χ2v) is 5.77. The van der Waals surface area contributed by atoms with E-state index in [1.54, 1.807) is 30.3 Å². The van der Waals surface area contributed by atoms with Crippen LogP contribution in [0.3, 0.4) is 0 Å². The van der Waals surface area contributed by atoms with Crippen LogP contribution in [-0.4, -0.2) is 17.4 Å². The van der Waals surface area contributed by atoms with Gasteiger partial charge in [0.2, 0.25) is 5.91 Å². The summed E-state index contributed by atoms with van der Waals surface area (Å²) in [5.74, 6) is -0.630. The average Bonchev–Trinajstić information content (AvgIpc) is 2.51. The summed E-state index contributed by atoms with van der Waals surface area (Å²) in [6.07, 6.45) is 0.492. The molecule has 0 unspecified atom stereocenters. The Morgan fingerprint density at radius 1 is 1.26 bits per heavy atom. The third-order valence-electron chi connectivity index (χ3n) is 3.26. The molecule has 0 fully saturated rings. The maximum absolute atomic E-state index is 13.1. The van der Waals surface area contributed by atoms with E-state index in [1.165, 1.54) is 12.1 Å². The van der Waals surface area contributed by atoms with E-state index in [0.717, 1.165) is 5.56 Å². The first kappa shape index (κ1) is 17.1. The number of rotatable bonds is 6. The van der Waals surface area contributed by atoms with Crippen molar-refractivity contribution in [1.82, 2.24) is 5.32 Å². The fraction of sp³-hybridized carbons (Fsp3) is 0.188. The molecule has 0 saturated carbocycles. The molecule has 0 saturated heterocycles. The minimum absolute atomic E-state index is 0.0513. The van der Waals surface area contributed by atoms with Gasteiger partial charge in [-0.05, 0) is 40.0 Å². The Hall–Kier alpha value is -2.28. The minimum Gasteiger partial charge on any atom is -0.355 e. The van der Waals surface area contributed by atoms with Gasteiger partial charge in [0.05, 0.1) is 15.8 Å². The topological polar surface area (TPSA) is 72.2 Å². The Balaban J connectivity index is 1.88. The van der Waals surface area contributed by atoms with Crippen molar-refractivity contribution in [3.63, 3.8) is 0 Å². The minimum atomic E-state index is -0.501. The molecule has 7 heteroatoms. The average molecular weight is 381 g/mol. The smallest absolute Gasteiger partial charge is 0.273 e. The van der Waals surface area contributed by atoms with Crippen LogP contribution in [-0.2, 0) is 17.6 Å². The summed E-state index contributed by atoms with van der Waals surface area (Å²) >= 11 is 3.11. The zero-order valence-corrected chi connectivity index (χ0v) is 13.7. The number of hydrogen-bond donors (Lipinski definition) is 1. The lowest BCUT2D eigenvalue weighted by atomic mass is 10.1. The molecule has 2 rings (SSSR count). The number of benzene rings is 2. The van der Waals surface area contributed by atoms with Gasteiger partial charge >= 0.3 is 0 Å². The fourth-order valence-corrected chi connectivity index (χ4v) is 2.54. The molecule has 2 aromatic carbocycles. The quantitative estimate of drug-likeness (QED) is 0.616.